The van der Waals surface area contributed by atoms with Crippen LogP contribution in [0.25, 0.3) is 10.9 Å². The number of nitrogens with one attached hydrogen (secondary N) is 2. The number of ketones is 1. The fraction of sp³-hybridized carbons (Fsp3) is 0.421. The number of para-hydroxylation sites is 1. The standard InChI is InChI=1S/C19H23N3O3/c1-11(2)9-19(4)17(24)22(18(25)21-19)10-15(23)16-12(3)20-14-8-6-5-7-13(14)16/h5-8,11,20H,9-10H2,1-4H3,(H,21,25). The molecule has 1 aromatic carbocycles. The Labute approximate surface area is 146 Å². The van der Waals surface area contributed by atoms with Crippen molar-refractivity contribution in [1.82, 2.24) is 15.2 Å². The molecule has 2 N–H and O–H groups in total. The summed E-state index contributed by atoms with van der Waals surface area (Å²) < 4.78 is 0. The maximum absolute atomic E-state index is 12.8. The van der Waals surface area contributed by atoms with E-state index in [0.717, 1.165) is 21.5 Å². The molecule has 2 aromatic rings. The Balaban J connectivity index is 1.87. The second-order valence-electron chi connectivity index (χ2n) is 7.35. The molecule has 0 radical (unpaired) electrons. The van der Waals surface area contributed by atoms with Gasteiger partial charge in [0.2, 0.25) is 0 Å². The van der Waals surface area contributed by atoms with E-state index in [1.54, 1.807) is 6.92 Å². The van der Waals surface area contributed by atoms with E-state index in [1.165, 1.54) is 0 Å². The van der Waals surface area contributed by atoms with Gasteiger partial charge in [-0.2, -0.15) is 0 Å². The minimum Gasteiger partial charge on any atom is -0.358 e. The highest BCUT2D eigenvalue weighted by atomic mass is 16.2. The summed E-state index contributed by atoms with van der Waals surface area (Å²) in [6.45, 7) is 7.28. The molecule has 1 saturated heterocycles. The van der Waals surface area contributed by atoms with Crippen molar-refractivity contribution in [3.05, 3.63) is 35.5 Å². The number of carbonyl (C=O) groups excluding carboxylic acids is 3. The van der Waals surface area contributed by atoms with Gasteiger partial charge < -0.3 is 10.3 Å². The molecule has 25 heavy (non-hydrogen) atoms. The Morgan fingerprint density at radius 1 is 1.24 bits per heavy atom. The second-order valence-corrected chi connectivity index (χ2v) is 7.35. The van der Waals surface area contributed by atoms with Crippen LogP contribution in [0.2, 0.25) is 0 Å². The fourth-order valence-corrected chi connectivity index (χ4v) is 3.70. The van der Waals surface area contributed by atoms with Gasteiger partial charge in [0.25, 0.3) is 5.91 Å². The summed E-state index contributed by atoms with van der Waals surface area (Å²) in [5.74, 6) is -0.329. The number of aryl methyl sites for hydroxylation is 1. The van der Waals surface area contributed by atoms with Crippen LogP contribution in [-0.2, 0) is 4.79 Å². The lowest BCUT2D eigenvalue weighted by atomic mass is 9.91. The van der Waals surface area contributed by atoms with E-state index in [-0.39, 0.29) is 24.2 Å². The minimum atomic E-state index is -0.944. The summed E-state index contributed by atoms with van der Waals surface area (Å²) in [5, 5.41) is 3.55. The first kappa shape index (κ1) is 17.2. The average Bonchev–Trinajstić information content (AvgIpc) is 2.95. The molecule has 1 aliphatic heterocycles. The number of aromatic amines is 1. The molecule has 6 heteroatoms. The Bertz CT molecular complexity index is 868. The lowest BCUT2D eigenvalue weighted by Gasteiger charge is -2.23. The summed E-state index contributed by atoms with van der Waals surface area (Å²) in [4.78, 5) is 42.0. The second kappa shape index (κ2) is 6.02. The van der Waals surface area contributed by atoms with E-state index < -0.39 is 11.6 Å². The largest absolute Gasteiger partial charge is 0.358 e. The van der Waals surface area contributed by atoms with Crippen molar-refractivity contribution < 1.29 is 14.4 Å². The zero-order chi connectivity index (χ0) is 18.4. The Hall–Kier alpha value is -2.63. The molecule has 1 unspecified atom stereocenters. The molecule has 1 aliphatic rings. The summed E-state index contributed by atoms with van der Waals surface area (Å²) in [6.07, 6.45) is 0.536. The summed E-state index contributed by atoms with van der Waals surface area (Å²) >= 11 is 0. The molecule has 0 spiro atoms. The van der Waals surface area contributed by atoms with Gasteiger partial charge in [-0.3, -0.25) is 14.5 Å². The fourth-order valence-electron chi connectivity index (χ4n) is 3.70. The van der Waals surface area contributed by atoms with Crippen LogP contribution in [-0.4, -0.2) is 39.7 Å². The third kappa shape index (κ3) is 2.92. The van der Waals surface area contributed by atoms with Gasteiger partial charge in [-0.15, -0.1) is 0 Å². The molecule has 3 rings (SSSR count). The topological polar surface area (TPSA) is 82.3 Å². The van der Waals surface area contributed by atoms with Gasteiger partial charge in [-0.25, -0.2) is 4.79 Å². The zero-order valence-electron chi connectivity index (χ0n) is 15.0. The SMILES string of the molecule is Cc1[nH]c2ccccc2c1C(=O)CN1C(=O)NC(C)(CC(C)C)C1=O. The van der Waals surface area contributed by atoms with E-state index in [1.807, 2.05) is 45.0 Å². The third-order valence-electron chi connectivity index (χ3n) is 4.64. The Kier molecular flexibility index (Phi) is 4.14. The highest BCUT2D eigenvalue weighted by Crippen LogP contribution is 2.27. The number of urea groups is 1. The molecule has 0 bridgehead atoms. The predicted octanol–water partition coefficient (Wildman–Crippen LogP) is 3.02. The van der Waals surface area contributed by atoms with E-state index in [4.69, 9.17) is 0 Å². The van der Waals surface area contributed by atoms with Crippen molar-refractivity contribution >= 4 is 28.6 Å². The van der Waals surface area contributed by atoms with E-state index in [2.05, 4.69) is 10.3 Å². The molecular weight excluding hydrogens is 318 g/mol. The van der Waals surface area contributed by atoms with Crippen LogP contribution in [0.5, 0.6) is 0 Å². The monoisotopic (exact) mass is 341 g/mol. The van der Waals surface area contributed by atoms with Crippen molar-refractivity contribution in [2.24, 2.45) is 5.92 Å². The number of Topliss-reactive ketones (excluding diaryl/α,β-unsaturated/α-hetero) is 1. The van der Waals surface area contributed by atoms with E-state index in [0.29, 0.717) is 12.0 Å². The van der Waals surface area contributed by atoms with Gasteiger partial charge >= 0.3 is 6.03 Å². The van der Waals surface area contributed by atoms with Gasteiger partial charge in [-0.1, -0.05) is 32.0 Å². The summed E-state index contributed by atoms with van der Waals surface area (Å²) in [7, 11) is 0. The number of rotatable bonds is 5. The molecule has 1 aromatic heterocycles. The zero-order valence-corrected chi connectivity index (χ0v) is 15.0. The molecular formula is C19H23N3O3. The number of H-pyrrole nitrogens is 1. The number of hydrogen-bond donors (Lipinski definition) is 2. The quantitative estimate of drug-likeness (QED) is 0.648. The van der Waals surface area contributed by atoms with Gasteiger partial charge in [0, 0.05) is 22.2 Å². The lowest BCUT2D eigenvalue weighted by molar-refractivity contribution is -0.131. The average molecular weight is 341 g/mol. The molecule has 1 atom stereocenters. The van der Waals surface area contributed by atoms with Crippen molar-refractivity contribution in [2.75, 3.05) is 6.54 Å². The van der Waals surface area contributed by atoms with Crippen LogP contribution in [0.4, 0.5) is 4.79 Å². The number of carbonyl (C=O) groups is 3. The molecule has 3 amide bonds. The van der Waals surface area contributed by atoms with Gasteiger partial charge in [0.05, 0.1) is 6.54 Å². The van der Waals surface area contributed by atoms with E-state index >= 15 is 0 Å². The number of benzene rings is 1. The number of amides is 3. The third-order valence-corrected chi connectivity index (χ3v) is 4.64. The molecule has 0 aliphatic carbocycles. The van der Waals surface area contributed by atoms with Crippen molar-refractivity contribution in [3.63, 3.8) is 0 Å². The smallest absolute Gasteiger partial charge is 0.325 e. The van der Waals surface area contributed by atoms with Gasteiger partial charge in [-0.05, 0) is 32.3 Å². The predicted molar refractivity (Wildman–Crippen MR) is 95.5 cm³/mol. The van der Waals surface area contributed by atoms with Crippen molar-refractivity contribution in [1.29, 1.82) is 0 Å². The van der Waals surface area contributed by atoms with Crippen molar-refractivity contribution in [2.45, 2.75) is 39.7 Å². The number of hydrogen-bond acceptors (Lipinski definition) is 3. The summed E-state index contributed by atoms with van der Waals surface area (Å²) in [6, 6.07) is 7.01. The first-order valence-corrected chi connectivity index (χ1v) is 8.47. The summed E-state index contributed by atoms with van der Waals surface area (Å²) in [5.41, 5.74) is 1.20. The maximum atomic E-state index is 12.8. The molecule has 0 saturated carbocycles. The van der Waals surface area contributed by atoms with Crippen LogP contribution in [0, 0.1) is 12.8 Å². The Morgan fingerprint density at radius 2 is 1.92 bits per heavy atom. The Morgan fingerprint density at radius 3 is 2.60 bits per heavy atom. The van der Waals surface area contributed by atoms with Crippen LogP contribution in [0.15, 0.2) is 24.3 Å². The number of imide groups is 1. The van der Waals surface area contributed by atoms with Crippen LogP contribution < -0.4 is 5.32 Å². The highest BCUT2D eigenvalue weighted by molar-refractivity contribution is 6.14. The number of nitrogens with zero attached hydrogens (tertiary/aromatic N) is 1. The lowest BCUT2D eigenvalue weighted by Crippen LogP contribution is -2.45. The number of aromatic nitrogens is 1. The molecule has 6 nitrogen and oxygen atoms in total. The molecule has 2 heterocycles. The van der Waals surface area contributed by atoms with Crippen LogP contribution >= 0.6 is 0 Å². The minimum absolute atomic E-state index is 0.243. The molecule has 1 fully saturated rings. The first-order valence-electron chi connectivity index (χ1n) is 8.47. The van der Waals surface area contributed by atoms with E-state index in [9.17, 15) is 14.4 Å². The van der Waals surface area contributed by atoms with Gasteiger partial charge in [0.1, 0.15) is 5.54 Å². The highest BCUT2D eigenvalue weighted by Gasteiger charge is 2.48. The van der Waals surface area contributed by atoms with Crippen molar-refractivity contribution in [3.8, 4) is 0 Å². The molecule has 132 valence electrons. The van der Waals surface area contributed by atoms with Crippen LogP contribution in [0.1, 0.15) is 43.2 Å². The maximum Gasteiger partial charge on any atom is 0.325 e. The van der Waals surface area contributed by atoms with Crippen LogP contribution in [0.3, 0.4) is 0 Å². The normalized spacial score (nSPS) is 20.6. The first-order chi connectivity index (χ1) is 11.7. The number of fused-ring (bicyclic) bond motifs is 1. The van der Waals surface area contributed by atoms with Gasteiger partial charge in [0.15, 0.2) is 5.78 Å².